The zero-order chi connectivity index (χ0) is 21.8. The van der Waals surface area contributed by atoms with E-state index in [1.165, 1.54) is 17.9 Å². The van der Waals surface area contributed by atoms with Crippen molar-refractivity contribution in [2.75, 3.05) is 12.4 Å². The molecule has 1 heterocycles. The molecule has 7 nitrogen and oxygen atoms in total. The first-order chi connectivity index (χ1) is 15.1. The van der Waals surface area contributed by atoms with Crippen molar-refractivity contribution in [3.05, 3.63) is 100.0 Å². The van der Waals surface area contributed by atoms with Crippen LogP contribution in [0.25, 0.3) is 10.8 Å². The average molecular weight is 410 g/mol. The van der Waals surface area contributed by atoms with Gasteiger partial charge >= 0.3 is 0 Å². The number of anilines is 1. The number of nitrogens with one attached hydrogen (secondary N) is 1. The number of methoxy groups -OCH3 is 1. The Morgan fingerprint density at radius 3 is 2.48 bits per heavy atom. The van der Waals surface area contributed by atoms with Gasteiger partial charge in [-0.2, -0.15) is 10.4 Å². The molecular weight excluding hydrogens is 392 g/mol. The minimum Gasteiger partial charge on any atom is -0.495 e. The average Bonchev–Trinajstić information content (AvgIpc) is 2.81. The second-order valence-electron chi connectivity index (χ2n) is 6.82. The number of nitrogens with zero attached hydrogens (tertiary/aromatic N) is 3. The van der Waals surface area contributed by atoms with Gasteiger partial charge in [-0.1, -0.05) is 48.5 Å². The monoisotopic (exact) mass is 410 g/mol. The lowest BCUT2D eigenvalue weighted by Crippen LogP contribution is -2.28. The molecule has 0 saturated carbocycles. The summed E-state index contributed by atoms with van der Waals surface area (Å²) in [6.07, 6.45) is 0. The molecule has 0 atom stereocenters. The van der Waals surface area contributed by atoms with Gasteiger partial charge in [-0.25, -0.2) is 4.68 Å². The van der Waals surface area contributed by atoms with Gasteiger partial charge in [0.15, 0.2) is 5.69 Å². The molecule has 0 aliphatic carbocycles. The maximum atomic E-state index is 13.2. The van der Waals surface area contributed by atoms with E-state index < -0.39 is 5.91 Å². The van der Waals surface area contributed by atoms with Gasteiger partial charge in [0.05, 0.1) is 36.4 Å². The number of hydrogen-bond donors (Lipinski definition) is 1. The second-order valence-corrected chi connectivity index (χ2v) is 6.82. The highest BCUT2D eigenvalue weighted by Gasteiger charge is 2.18. The van der Waals surface area contributed by atoms with Crippen LogP contribution in [-0.2, 0) is 6.54 Å². The van der Waals surface area contributed by atoms with Gasteiger partial charge < -0.3 is 10.1 Å². The molecule has 4 rings (SSSR count). The summed E-state index contributed by atoms with van der Waals surface area (Å²) in [6, 6.07) is 23.1. The number of fused-ring (bicyclic) bond motifs is 1. The van der Waals surface area contributed by atoms with Crippen molar-refractivity contribution >= 4 is 22.4 Å². The number of amides is 1. The minimum absolute atomic E-state index is 0.107. The Kier molecular flexibility index (Phi) is 5.45. The Hall–Kier alpha value is -4.44. The van der Waals surface area contributed by atoms with Gasteiger partial charge in [-0.05, 0) is 29.8 Å². The Morgan fingerprint density at radius 1 is 1.06 bits per heavy atom. The maximum absolute atomic E-state index is 13.2. The molecule has 0 aliphatic heterocycles. The van der Waals surface area contributed by atoms with Crippen molar-refractivity contribution < 1.29 is 9.53 Å². The van der Waals surface area contributed by atoms with Crippen LogP contribution in [0.15, 0.2) is 77.6 Å². The van der Waals surface area contributed by atoms with Crippen molar-refractivity contribution in [3.63, 3.8) is 0 Å². The summed E-state index contributed by atoms with van der Waals surface area (Å²) in [5.74, 6) is -0.0966. The third-order valence-corrected chi connectivity index (χ3v) is 4.83. The zero-order valence-electron chi connectivity index (χ0n) is 16.7. The highest BCUT2D eigenvalue weighted by atomic mass is 16.5. The molecule has 4 aromatic rings. The van der Waals surface area contributed by atoms with E-state index in [2.05, 4.69) is 10.4 Å². The number of rotatable bonds is 5. The van der Waals surface area contributed by atoms with Gasteiger partial charge in [0.1, 0.15) is 5.75 Å². The third-order valence-electron chi connectivity index (χ3n) is 4.83. The molecule has 0 bridgehead atoms. The molecule has 0 saturated heterocycles. The summed E-state index contributed by atoms with van der Waals surface area (Å²) < 4.78 is 6.58. The van der Waals surface area contributed by atoms with E-state index in [0.717, 1.165) is 5.56 Å². The number of ether oxygens (including phenoxy) is 1. The Bertz CT molecular complexity index is 1370. The SMILES string of the molecule is COc1ccc(C#N)cc1NC(=O)c1nn(Cc2ccccc2)c(=O)c2ccccc12. The Labute approximate surface area is 178 Å². The smallest absolute Gasteiger partial charge is 0.276 e. The van der Waals surface area contributed by atoms with Crippen LogP contribution in [0, 0.1) is 11.3 Å². The number of carbonyl (C=O) groups is 1. The molecule has 1 aromatic heterocycles. The molecule has 0 fully saturated rings. The number of hydrogen-bond acceptors (Lipinski definition) is 5. The van der Waals surface area contributed by atoms with Crippen LogP contribution in [0.1, 0.15) is 21.6 Å². The van der Waals surface area contributed by atoms with Crippen molar-refractivity contribution in [1.29, 1.82) is 5.26 Å². The highest BCUT2D eigenvalue weighted by molar-refractivity contribution is 6.11. The van der Waals surface area contributed by atoms with E-state index in [-0.39, 0.29) is 17.8 Å². The predicted octanol–water partition coefficient (Wildman–Crippen LogP) is 3.58. The lowest BCUT2D eigenvalue weighted by molar-refractivity contribution is 0.102. The summed E-state index contributed by atoms with van der Waals surface area (Å²) in [5.41, 5.74) is 1.44. The largest absolute Gasteiger partial charge is 0.495 e. The molecule has 31 heavy (non-hydrogen) atoms. The molecule has 1 amide bonds. The van der Waals surface area contributed by atoms with Gasteiger partial charge in [0.2, 0.25) is 0 Å². The van der Waals surface area contributed by atoms with Crippen molar-refractivity contribution in [3.8, 4) is 11.8 Å². The topological polar surface area (TPSA) is 97.0 Å². The number of benzene rings is 3. The lowest BCUT2D eigenvalue weighted by Gasteiger charge is -2.13. The first kappa shape index (κ1) is 19.9. The summed E-state index contributed by atoms with van der Waals surface area (Å²) in [6.45, 7) is 0.234. The standard InChI is InChI=1S/C24H18N4O3/c1-31-21-12-11-17(14-25)13-20(21)26-23(29)22-18-9-5-6-10-19(18)24(30)28(27-22)15-16-7-3-2-4-8-16/h2-13H,15H2,1H3,(H,26,29). The fourth-order valence-electron chi connectivity index (χ4n) is 3.32. The van der Waals surface area contributed by atoms with Crippen molar-refractivity contribution in [1.82, 2.24) is 9.78 Å². The normalized spacial score (nSPS) is 10.5. The molecular formula is C24H18N4O3. The second kappa shape index (κ2) is 8.51. The zero-order valence-corrected chi connectivity index (χ0v) is 16.7. The van der Waals surface area contributed by atoms with Crippen LogP contribution in [0.4, 0.5) is 5.69 Å². The molecule has 0 unspecified atom stereocenters. The van der Waals surface area contributed by atoms with E-state index in [0.29, 0.717) is 27.8 Å². The van der Waals surface area contributed by atoms with Crippen LogP contribution in [-0.4, -0.2) is 22.8 Å². The fourth-order valence-corrected chi connectivity index (χ4v) is 3.32. The van der Waals surface area contributed by atoms with Gasteiger partial charge in [-0.3, -0.25) is 9.59 Å². The van der Waals surface area contributed by atoms with Crippen LogP contribution in [0.2, 0.25) is 0 Å². The summed E-state index contributed by atoms with van der Waals surface area (Å²) >= 11 is 0. The summed E-state index contributed by atoms with van der Waals surface area (Å²) in [4.78, 5) is 26.1. The van der Waals surface area contributed by atoms with Gasteiger partial charge in [0, 0.05) is 5.39 Å². The molecule has 0 radical (unpaired) electrons. The van der Waals surface area contributed by atoms with Gasteiger partial charge in [-0.15, -0.1) is 0 Å². The number of carbonyl (C=O) groups excluding carboxylic acids is 1. The number of aromatic nitrogens is 2. The molecule has 0 spiro atoms. The molecule has 1 N–H and O–H groups in total. The van der Waals surface area contributed by atoms with Crippen LogP contribution in [0.5, 0.6) is 5.75 Å². The summed E-state index contributed by atoms with van der Waals surface area (Å²) in [5, 5.41) is 17.2. The third kappa shape index (κ3) is 4.00. The van der Waals surface area contributed by atoms with Gasteiger partial charge in [0.25, 0.3) is 11.5 Å². The quantitative estimate of drug-likeness (QED) is 0.542. The molecule has 7 heteroatoms. The molecule has 3 aromatic carbocycles. The minimum atomic E-state index is -0.508. The van der Waals surface area contributed by atoms with E-state index in [1.807, 2.05) is 36.4 Å². The van der Waals surface area contributed by atoms with Crippen LogP contribution in [0.3, 0.4) is 0 Å². The van der Waals surface area contributed by atoms with E-state index in [4.69, 9.17) is 4.74 Å². The first-order valence-electron chi connectivity index (χ1n) is 9.54. The number of nitriles is 1. The Balaban J connectivity index is 1.80. The van der Waals surface area contributed by atoms with Crippen molar-refractivity contribution in [2.45, 2.75) is 6.54 Å². The predicted molar refractivity (Wildman–Crippen MR) is 117 cm³/mol. The Morgan fingerprint density at radius 2 is 1.77 bits per heavy atom. The first-order valence-corrected chi connectivity index (χ1v) is 9.54. The van der Waals surface area contributed by atoms with Crippen LogP contribution < -0.4 is 15.6 Å². The summed E-state index contributed by atoms with van der Waals surface area (Å²) in [7, 11) is 1.48. The van der Waals surface area contributed by atoms with Crippen LogP contribution >= 0.6 is 0 Å². The maximum Gasteiger partial charge on any atom is 0.276 e. The fraction of sp³-hybridized carbons (Fsp3) is 0.0833. The lowest BCUT2D eigenvalue weighted by atomic mass is 10.1. The van der Waals surface area contributed by atoms with E-state index in [1.54, 1.807) is 36.4 Å². The van der Waals surface area contributed by atoms with E-state index in [9.17, 15) is 14.9 Å². The van der Waals surface area contributed by atoms with E-state index >= 15 is 0 Å². The van der Waals surface area contributed by atoms with Crippen molar-refractivity contribution in [2.24, 2.45) is 0 Å². The molecule has 0 aliphatic rings. The highest BCUT2D eigenvalue weighted by Crippen LogP contribution is 2.26. The molecule has 152 valence electrons.